The highest BCUT2D eigenvalue weighted by atomic mass is 16.1. The fourth-order valence-electron chi connectivity index (χ4n) is 1.94. The van der Waals surface area contributed by atoms with Crippen LogP contribution < -0.4 is 0 Å². The lowest BCUT2D eigenvalue weighted by Gasteiger charge is -1.97. The highest BCUT2D eigenvalue weighted by Crippen LogP contribution is 2.07. The molecule has 0 bridgehead atoms. The first-order chi connectivity index (χ1) is 8.41. The summed E-state index contributed by atoms with van der Waals surface area (Å²) in [5.74, 6) is 0. The molecule has 0 fully saturated rings. The lowest BCUT2D eigenvalue weighted by molar-refractivity contribution is -0.107. The van der Waals surface area contributed by atoms with Crippen molar-refractivity contribution in [2.45, 2.75) is 84.0 Å². The van der Waals surface area contributed by atoms with Gasteiger partial charge in [0.15, 0.2) is 0 Å². The molecule has 0 amide bonds. The maximum absolute atomic E-state index is 10.1. The van der Waals surface area contributed by atoms with Crippen molar-refractivity contribution in [3.05, 3.63) is 12.2 Å². The zero-order valence-corrected chi connectivity index (χ0v) is 11.6. The predicted molar refractivity (Wildman–Crippen MR) is 76.3 cm³/mol. The minimum atomic E-state index is 0.744. The van der Waals surface area contributed by atoms with Crippen molar-refractivity contribution < 1.29 is 4.79 Å². The third-order valence-corrected chi connectivity index (χ3v) is 3.08. The Kier molecular flexibility index (Phi) is 14.9. The van der Waals surface area contributed by atoms with Gasteiger partial charge < -0.3 is 4.79 Å². The number of rotatable bonds is 13. The van der Waals surface area contributed by atoms with E-state index in [1.165, 1.54) is 64.2 Å². The van der Waals surface area contributed by atoms with Gasteiger partial charge in [0.05, 0.1) is 0 Å². The fraction of sp³-hybridized carbons (Fsp3) is 0.812. The largest absolute Gasteiger partial charge is 0.303 e. The fourth-order valence-corrected chi connectivity index (χ4v) is 1.94. The summed E-state index contributed by atoms with van der Waals surface area (Å²) in [6.45, 7) is 2.26. The molecule has 0 unspecified atom stereocenters. The van der Waals surface area contributed by atoms with E-state index in [9.17, 15) is 4.79 Å². The van der Waals surface area contributed by atoms with Crippen LogP contribution in [0, 0.1) is 0 Å². The zero-order chi connectivity index (χ0) is 12.6. The number of hydrogen-bond acceptors (Lipinski definition) is 1. The predicted octanol–water partition coefficient (Wildman–Crippen LogP) is 5.44. The summed E-state index contributed by atoms with van der Waals surface area (Å²) in [6, 6.07) is 0. The van der Waals surface area contributed by atoms with Gasteiger partial charge in [-0.3, -0.25) is 0 Å². The highest BCUT2D eigenvalue weighted by molar-refractivity contribution is 5.48. The standard InChI is InChI=1S/C16H30O/c1-2-3-4-5-6-7-8-9-10-11-12-13-14-15-16-17/h8-9,16H,2-7,10-15H2,1H3/b9-8-. The lowest BCUT2D eigenvalue weighted by atomic mass is 10.1. The number of unbranched alkanes of at least 4 members (excludes halogenated alkanes) is 10. The molecule has 100 valence electrons. The second-order valence-electron chi connectivity index (χ2n) is 4.83. The van der Waals surface area contributed by atoms with Crippen LogP contribution in [0.3, 0.4) is 0 Å². The molecule has 0 spiro atoms. The Morgan fingerprint density at radius 2 is 1.12 bits per heavy atom. The molecule has 0 aliphatic heterocycles. The maximum atomic E-state index is 10.1. The Labute approximate surface area is 108 Å². The quantitative estimate of drug-likeness (QED) is 0.237. The minimum Gasteiger partial charge on any atom is -0.303 e. The maximum Gasteiger partial charge on any atom is 0.119 e. The molecule has 0 aliphatic rings. The average Bonchev–Trinajstić information content (AvgIpc) is 2.35. The normalized spacial score (nSPS) is 11.1. The van der Waals surface area contributed by atoms with Gasteiger partial charge in [-0.05, 0) is 32.1 Å². The van der Waals surface area contributed by atoms with Crippen molar-refractivity contribution in [2.24, 2.45) is 0 Å². The molecule has 0 rings (SSSR count). The first-order valence-electron chi connectivity index (χ1n) is 7.50. The van der Waals surface area contributed by atoms with Crippen LogP contribution in [0.4, 0.5) is 0 Å². The Morgan fingerprint density at radius 3 is 1.59 bits per heavy atom. The third kappa shape index (κ3) is 15.4. The molecule has 0 aliphatic carbocycles. The van der Waals surface area contributed by atoms with Gasteiger partial charge in [0.2, 0.25) is 0 Å². The molecule has 0 atom stereocenters. The van der Waals surface area contributed by atoms with Crippen LogP contribution in [-0.4, -0.2) is 6.29 Å². The third-order valence-electron chi connectivity index (χ3n) is 3.08. The molecule has 17 heavy (non-hydrogen) atoms. The molecular formula is C16H30O. The van der Waals surface area contributed by atoms with Crippen molar-refractivity contribution in [3.8, 4) is 0 Å². The van der Waals surface area contributed by atoms with Gasteiger partial charge in [-0.25, -0.2) is 0 Å². The van der Waals surface area contributed by atoms with Crippen molar-refractivity contribution in [1.29, 1.82) is 0 Å². The van der Waals surface area contributed by atoms with Crippen molar-refractivity contribution in [1.82, 2.24) is 0 Å². The van der Waals surface area contributed by atoms with E-state index in [1.807, 2.05) is 0 Å². The van der Waals surface area contributed by atoms with Crippen LogP contribution in [0.15, 0.2) is 12.2 Å². The van der Waals surface area contributed by atoms with E-state index in [0.29, 0.717) is 0 Å². The number of aldehydes is 1. The smallest absolute Gasteiger partial charge is 0.119 e. The molecule has 0 saturated heterocycles. The number of hydrogen-bond donors (Lipinski definition) is 0. The van der Waals surface area contributed by atoms with E-state index in [-0.39, 0.29) is 0 Å². The zero-order valence-electron chi connectivity index (χ0n) is 11.6. The Balaban J connectivity index is 3.01. The van der Waals surface area contributed by atoms with E-state index >= 15 is 0 Å². The monoisotopic (exact) mass is 238 g/mol. The van der Waals surface area contributed by atoms with Crippen molar-refractivity contribution >= 4 is 6.29 Å². The van der Waals surface area contributed by atoms with Gasteiger partial charge in [0, 0.05) is 6.42 Å². The SMILES string of the molecule is CCCCCCC/C=C\CCCCCCC=O. The molecule has 0 heterocycles. The second-order valence-corrected chi connectivity index (χ2v) is 4.83. The first-order valence-corrected chi connectivity index (χ1v) is 7.50. The Bertz CT molecular complexity index is 172. The number of carbonyl (C=O) groups excluding carboxylic acids is 1. The van der Waals surface area contributed by atoms with Gasteiger partial charge in [0.1, 0.15) is 6.29 Å². The second kappa shape index (κ2) is 15.4. The van der Waals surface area contributed by atoms with Gasteiger partial charge in [0.25, 0.3) is 0 Å². The molecule has 1 heteroatoms. The molecule has 0 aromatic heterocycles. The summed E-state index contributed by atoms with van der Waals surface area (Å²) in [5.41, 5.74) is 0. The van der Waals surface area contributed by atoms with Crippen molar-refractivity contribution in [2.75, 3.05) is 0 Å². The molecule has 0 saturated carbocycles. The van der Waals surface area contributed by atoms with Crippen LogP contribution in [0.2, 0.25) is 0 Å². The van der Waals surface area contributed by atoms with E-state index in [2.05, 4.69) is 19.1 Å². The van der Waals surface area contributed by atoms with Crippen LogP contribution >= 0.6 is 0 Å². The number of carbonyl (C=O) groups is 1. The summed E-state index contributed by atoms with van der Waals surface area (Å²) < 4.78 is 0. The lowest BCUT2D eigenvalue weighted by Crippen LogP contribution is -1.79. The van der Waals surface area contributed by atoms with E-state index in [0.717, 1.165) is 19.1 Å². The van der Waals surface area contributed by atoms with Crippen LogP contribution in [0.1, 0.15) is 84.0 Å². The van der Waals surface area contributed by atoms with Crippen LogP contribution in [-0.2, 0) is 4.79 Å². The number of allylic oxidation sites excluding steroid dienone is 2. The van der Waals surface area contributed by atoms with E-state index < -0.39 is 0 Å². The van der Waals surface area contributed by atoms with Gasteiger partial charge in [-0.2, -0.15) is 0 Å². The van der Waals surface area contributed by atoms with E-state index in [1.54, 1.807) is 0 Å². The van der Waals surface area contributed by atoms with Gasteiger partial charge >= 0.3 is 0 Å². The summed E-state index contributed by atoms with van der Waals surface area (Å²) in [4.78, 5) is 10.1. The van der Waals surface area contributed by atoms with Gasteiger partial charge in [-0.15, -0.1) is 0 Å². The minimum absolute atomic E-state index is 0.744. The summed E-state index contributed by atoms with van der Waals surface area (Å²) in [6.07, 6.45) is 20.6. The highest BCUT2D eigenvalue weighted by Gasteiger charge is 1.89. The molecular weight excluding hydrogens is 208 g/mol. The summed E-state index contributed by atoms with van der Waals surface area (Å²) in [5, 5.41) is 0. The summed E-state index contributed by atoms with van der Waals surface area (Å²) in [7, 11) is 0. The molecule has 0 N–H and O–H groups in total. The Hall–Kier alpha value is -0.590. The first kappa shape index (κ1) is 16.4. The molecule has 0 radical (unpaired) electrons. The molecule has 0 aromatic carbocycles. The topological polar surface area (TPSA) is 17.1 Å². The Morgan fingerprint density at radius 1 is 0.647 bits per heavy atom. The van der Waals surface area contributed by atoms with Crippen molar-refractivity contribution in [3.63, 3.8) is 0 Å². The molecule has 1 nitrogen and oxygen atoms in total. The van der Waals surface area contributed by atoms with E-state index in [4.69, 9.17) is 0 Å². The van der Waals surface area contributed by atoms with Gasteiger partial charge in [-0.1, -0.05) is 57.6 Å². The van der Waals surface area contributed by atoms with Crippen LogP contribution in [0.5, 0.6) is 0 Å². The average molecular weight is 238 g/mol. The molecule has 0 aromatic rings. The van der Waals surface area contributed by atoms with Crippen LogP contribution in [0.25, 0.3) is 0 Å². The summed E-state index contributed by atoms with van der Waals surface area (Å²) >= 11 is 0.